The zero-order valence-electron chi connectivity index (χ0n) is 12.6. The number of rotatable bonds is 6. The average molecular weight is 340 g/mol. The summed E-state index contributed by atoms with van der Waals surface area (Å²) in [6.45, 7) is 4.45. The summed E-state index contributed by atoms with van der Waals surface area (Å²) >= 11 is 3.51. The molecule has 0 saturated heterocycles. The number of hydrogen-bond acceptors (Lipinski definition) is 2. The Morgan fingerprint density at radius 1 is 1.30 bits per heavy atom. The summed E-state index contributed by atoms with van der Waals surface area (Å²) in [7, 11) is 0. The van der Waals surface area contributed by atoms with Crippen molar-refractivity contribution in [3.05, 3.63) is 28.2 Å². The van der Waals surface area contributed by atoms with E-state index in [4.69, 9.17) is 10.5 Å². The summed E-state index contributed by atoms with van der Waals surface area (Å²) in [6.07, 6.45) is 8.50. The zero-order chi connectivity index (χ0) is 14.6. The van der Waals surface area contributed by atoms with Crippen molar-refractivity contribution in [2.75, 3.05) is 0 Å². The number of nitrogens with two attached hydrogens (primary N) is 1. The molecule has 0 saturated carbocycles. The molecule has 1 aliphatic heterocycles. The van der Waals surface area contributed by atoms with Crippen molar-refractivity contribution in [2.24, 2.45) is 5.73 Å². The van der Waals surface area contributed by atoms with Gasteiger partial charge in [-0.3, -0.25) is 0 Å². The standard InChI is InChI=1S/C17H26BrNO/c1-3-4-5-6-7-10-17(2)12-15(19)14-9-8-13(18)11-16(14)20-17/h8-9,11,15H,3-7,10,12,19H2,1-2H3/t15-,17?/m1/s1. The maximum atomic E-state index is 6.33. The first-order valence-corrected chi connectivity index (χ1v) is 8.57. The summed E-state index contributed by atoms with van der Waals surface area (Å²) < 4.78 is 7.32. The Morgan fingerprint density at radius 3 is 2.80 bits per heavy atom. The molecular weight excluding hydrogens is 314 g/mol. The Hall–Kier alpha value is -0.540. The maximum Gasteiger partial charge on any atom is 0.126 e. The van der Waals surface area contributed by atoms with Gasteiger partial charge in [-0.05, 0) is 31.9 Å². The van der Waals surface area contributed by atoms with Crippen molar-refractivity contribution in [1.29, 1.82) is 0 Å². The molecule has 0 spiro atoms. The number of benzene rings is 1. The highest BCUT2D eigenvalue weighted by molar-refractivity contribution is 9.10. The molecule has 2 atom stereocenters. The number of hydrogen-bond donors (Lipinski definition) is 1. The van der Waals surface area contributed by atoms with E-state index in [2.05, 4.69) is 35.8 Å². The lowest BCUT2D eigenvalue weighted by Gasteiger charge is -2.39. The van der Waals surface area contributed by atoms with Gasteiger partial charge in [0.15, 0.2) is 0 Å². The zero-order valence-corrected chi connectivity index (χ0v) is 14.2. The van der Waals surface area contributed by atoms with E-state index in [9.17, 15) is 0 Å². The van der Waals surface area contributed by atoms with Crippen LogP contribution in [0.1, 0.15) is 70.4 Å². The molecule has 1 aliphatic rings. The molecule has 0 bridgehead atoms. The van der Waals surface area contributed by atoms with Gasteiger partial charge >= 0.3 is 0 Å². The molecule has 112 valence electrons. The largest absolute Gasteiger partial charge is 0.487 e. The lowest BCUT2D eigenvalue weighted by atomic mass is 9.85. The summed E-state index contributed by atoms with van der Waals surface area (Å²) in [5, 5.41) is 0. The van der Waals surface area contributed by atoms with Crippen molar-refractivity contribution in [3.8, 4) is 5.75 Å². The fraction of sp³-hybridized carbons (Fsp3) is 0.647. The van der Waals surface area contributed by atoms with Crippen LogP contribution in [0.15, 0.2) is 22.7 Å². The van der Waals surface area contributed by atoms with Crippen molar-refractivity contribution < 1.29 is 4.74 Å². The van der Waals surface area contributed by atoms with E-state index in [0.717, 1.165) is 28.6 Å². The number of halogens is 1. The third-order valence-electron chi connectivity index (χ3n) is 4.19. The van der Waals surface area contributed by atoms with Crippen LogP contribution >= 0.6 is 15.9 Å². The molecule has 0 aromatic heterocycles. The molecule has 1 aromatic carbocycles. The van der Waals surface area contributed by atoms with Gasteiger partial charge in [-0.2, -0.15) is 0 Å². The molecule has 2 N–H and O–H groups in total. The van der Waals surface area contributed by atoms with Crippen molar-refractivity contribution >= 4 is 15.9 Å². The van der Waals surface area contributed by atoms with Crippen LogP contribution in [0.5, 0.6) is 5.75 Å². The van der Waals surface area contributed by atoms with Gasteiger partial charge in [-0.15, -0.1) is 0 Å². The topological polar surface area (TPSA) is 35.2 Å². The first-order chi connectivity index (χ1) is 9.54. The molecule has 1 heterocycles. The molecule has 0 amide bonds. The van der Waals surface area contributed by atoms with Gasteiger partial charge in [0.25, 0.3) is 0 Å². The number of fused-ring (bicyclic) bond motifs is 1. The van der Waals surface area contributed by atoms with E-state index < -0.39 is 0 Å². The van der Waals surface area contributed by atoms with E-state index in [1.165, 1.54) is 32.1 Å². The van der Waals surface area contributed by atoms with Gasteiger partial charge in [0.1, 0.15) is 11.4 Å². The molecule has 20 heavy (non-hydrogen) atoms. The highest BCUT2D eigenvalue weighted by atomic mass is 79.9. The van der Waals surface area contributed by atoms with Gasteiger partial charge in [0.05, 0.1) is 0 Å². The molecular formula is C17H26BrNO. The van der Waals surface area contributed by atoms with E-state index in [1.807, 2.05) is 12.1 Å². The Morgan fingerprint density at radius 2 is 2.05 bits per heavy atom. The van der Waals surface area contributed by atoms with Crippen LogP contribution in [0.25, 0.3) is 0 Å². The van der Waals surface area contributed by atoms with Gasteiger partial charge in [-0.25, -0.2) is 0 Å². The van der Waals surface area contributed by atoms with Crippen LogP contribution in [0.2, 0.25) is 0 Å². The quantitative estimate of drug-likeness (QED) is 0.709. The van der Waals surface area contributed by atoms with E-state index in [1.54, 1.807) is 0 Å². The third-order valence-corrected chi connectivity index (χ3v) is 4.69. The van der Waals surface area contributed by atoms with Crippen LogP contribution in [0.4, 0.5) is 0 Å². The first-order valence-electron chi connectivity index (χ1n) is 7.78. The maximum absolute atomic E-state index is 6.33. The van der Waals surface area contributed by atoms with Crippen LogP contribution in [0.3, 0.4) is 0 Å². The molecule has 0 aliphatic carbocycles. The predicted molar refractivity (Wildman–Crippen MR) is 88.1 cm³/mol. The van der Waals surface area contributed by atoms with Crippen LogP contribution in [-0.2, 0) is 0 Å². The molecule has 2 nitrogen and oxygen atoms in total. The van der Waals surface area contributed by atoms with Gasteiger partial charge in [-0.1, -0.05) is 54.6 Å². The second-order valence-corrected chi connectivity index (χ2v) is 7.12. The van der Waals surface area contributed by atoms with Gasteiger partial charge in [0, 0.05) is 22.5 Å². The summed E-state index contributed by atoms with van der Waals surface area (Å²) in [4.78, 5) is 0. The van der Waals surface area contributed by atoms with E-state index >= 15 is 0 Å². The van der Waals surface area contributed by atoms with E-state index in [-0.39, 0.29) is 11.6 Å². The van der Waals surface area contributed by atoms with Crippen molar-refractivity contribution in [3.63, 3.8) is 0 Å². The highest BCUT2D eigenvalue weighted by Crippen LogP contribution is 2.41. The Bertz CT molecular complexity index is 449. The number of unbranched alkanes of at least 4 members (excludes halogenated alkanes) is 4. The lowest BCUT2D eigenvalue weighted by molar-refractivity contribution is 0.0429. The normalized spacial score (nSPS) is 25.1. The summed E-state index contributed by atoms with van der Waals surface area (Å²) in [6, 6.07) is 6.25. The second kappa shape index (κ2) is 6.95. The van der Waals surface area contributed by atoms with Gasteiger partial charge in [0.2, 0.25) is 0 Å². The van der Waals surface area contributed by atoms with Crippen LogP contribution in [0, 0.1) is 0 Å². The van der Waals surface area contributed by atoms with Crippen LogP contribution < -0.4 is 10.5 Å². The van der Waals surface area contributed by atoms with E-state index in [0.29, 0.717) is 0 Å². The third kappa shape index (κ3) is 3.98. The minimum absolute atomic E-state index is 0.0903. The Kier molecular flexibility index (Phi) is 5.50. The number of ether oxygens (including phenoxy) is 1. The highest BCUT2D eigenvalue weighted by Gasteiger charge is 2.35. The fourth-order valence-corrected chi connectivity index (χ4v) is 3.38. The predicted octanol–water partition coefficient (Wildman–Crippen LogP) is 5.35. The van der Waals surface area contributed by atoms with Crippen molar-refractivity contribution in [1.82, 2.24) is 0 Å². The van der Waals surface area contributed by atoms with Crippen LogP contribution in [-0.4, -0.2) is 5.60 Å². The fourth-order valence-electron chi connectivity index (χ4n) is 3.04. The smallest absolute Gasteiger partial charge is 0.126 e. The lowest BCUT2D eigenvalue weighted by Crippen LogP contribution is -2.40. The van der Waals surface area contributed by atoms with Crippen molar-refractivity contribution in [2.45, 2.75) is 70.4 Å². The Balaban J connectivity index is 1.97. The minimum atomic E-state index is -0.112. The minimum Gasteiger partial charge on any atom is -0.487 e. The molecule has 3 heteroatoms. The summed E-state index contributed by atoms with van der Waals surface area (Å²) in [5.41, 5.74) is 7.35. The molecule has 2 rings (SSSR count). The average Bonchev–Trinajstić information content (AvgIpc) is 2.37. The molecule has 0 fully saturated rings. The molecule has 1 aromatic rings. The second-order valence-electron chi connectivity index (χ2n) is 6.21. The molecule has 1 unspecified atom stereocenters. The monoisotopic (exact) mass is 339 g/mol. The summed E-state index contributed by atoms with van der Waals surface area (Å²) in [5.74, 6) is 0.953. The molecule has 0 radical (unpaired) electrons. The van der Waals surface area contributed by atoms with Gasteiger partial charge < -0.3 is 10.5 Å². The SMILES string of the molecule is CCCCCCCC1(C)C[C@@H](N)c2ccc(Br)cc2O1. The first kappa shape index (κ1) is 15.8. The Labute approximate surface area is 131 Å².